The number of aromatic nitrogens is 7. The van der Waals surface area contributed by atoms with Crippen LogP contribution >= 0.6 is 0 Å². The van der Waals surface area contributed by atoms with E-state index < -0.39 is 0 Å². The summed E-state index contributed by atoms with van der Waals surface area (Å²) < 4.78 is 3.45. The fraction of sp³-hybridized carbons (Fsp3) is 0.111. The van der Waals surface area contributed by atoms with Gasteiger partial charge in [0.1, 0.15) is 18.1 Å². The molecule has 0 saturated heterocycles. The van der Waals surface area contributed by atoms with E-state index in [1.165, 1.54) is 0 Å². The Morgan fingerprint density at radius 1 is 1.04 bits per heavy atom. The molecule has 0 radical (unpaired) electrons. The molecule has 0 saturated carbocycles. The number of rotatable bonds is 5. The van der Waals surface area contributed by atoms with Crippen molar-refractivity contribution in [1.82, 2.24) is 34.3 Å². The maximum atomic E-state index is 12.3. The molecule has 4 rings (SSSR count). The number of anilines is 1. The zero-order chi connectivity index (χ0) is 18.6. The summed E-state index contributed by atoms with van der Waals surface area (Å²) in [7, 11) is 1.84. The Kier molecular flexibility index (Phi) is 4.40. The van der Waals surface area contributed by atoms with Gasteiger partial charge in [0.05, 0.1) is 23.9 Å². The predicted octanol–water partition coefficient (Wildman–Crippen LogP) is 1.77. The van der Waals surface area contributed by atoms with Crippen molar-refractivity contribution in [2.24, 2.45) is 7.05 Å². The highest BCUT2D eigenvalue weighted by molar-refractivity contribution is 5.89. The lowest BCUT2D eigenvalue weighted by Gasteiger charge is -2.06. The summed E-state index contributed by atoms with van der Waals surface area (Å²) in [4.78, 5) is 29.1. The average Bonchev–Trinajstić information content (AvgIpc) is 3.31. The number of hydrogen-bond acceptors (Lipinski definition) is 6. The van der Waals surface area contributed by atoms with Crippen LogP contribution in [0.1, 0.15) is 0 Å². The van der Waals surface area contributed by atoms with E-state index in [2.05, 4.69) is 30.4 Å². The van der Waals surface area contributed by atoms with Crippen LogP contribution in [0.3, 0.4) is 0 Å². The lowest BCUT2D eigenvalue weighted by atomic mass is 10.2. The molecule has 0 spiro atoms. The molecular weight excluding hydrogens is 344 g/mol. The zero-order valence-corrected chi connectivity index (χ0v) is 14.5. The van der Waals surface area contributed by atoms with Gasteiger partial charge in [0, 0.05) is 43.6 Å². The third kappa shape index (κ3) is 3.71. The third-order valence-corrected chi connectivity index (χ3v) is 3.93. The van der Waals surface area contributed by atoms with Crippen LogP contribution in [0.25, 0.3) is 22.6 Å². The SMILES string of the molecule is Cn1nccc1-c1cn(CC(=O)Nc2ccc(-c3cnccn3)cn2)cn1. The van der Waals surface area contributed by atoms with Gasteiger partial charge in [-0.15, -0.1) is 0 Å². The monoisotopic (exact) mass is 360 g/mol. The highest BCUT2D eigenvalue weighted by atomic mass is 16.2. The second-order valence-corrected chi connectivity index (χ2v) is 5.84. The van der Waals surface area contributed by atoms with Crippen LogP contribution < -0.4 is 5.32 Å². The number of amides is 1. The number of nitrogens with zero attached hydrogens (tertiary/aromatic N) is 7. The van der Waals surface area contributed by atoms with Gasteiger partial charge in [-0.1, -0.05) is 0 Å². The molecule has 0 aliphatic carbocycles. The number of imidazole rings is 1. The van der Waals surface area contributed by atoms with Crippen LogP contribution in [0.4, 0.5) is 5.82 Å². The van der Waals surface area contributed by atoms with Crippen molar-refractivity contribution < 1.29 is 4.79 Å². The molecule has 0 aliphatic heterocycles. The first-order valence-electron chi connectivity index (χ1n) is 8.21. The molecule has 1 N–H and O–H groups in total. The fourth-order valence-corrected chi connectivity index (χ4v) is 2.62. The minimum absolute atomic E-state index is 0.137. The molecule has 1 amide bonds. The van der Waals surface area contributed by atoms with E-state index in [1.54, 1.807) is 58.8 Å². The Morgan fingerprint density at radius 2 is 1.96 bits per heavy atom. The minimum Gasteiger partial charge on any atom is -0.327 e. The Hall–Kier alpha value is -3.88. The minimum atomic E-state index is -0.191. The molecule has 0 fully saturated rings. The predicted molar refractivity (Wildman–Crippen MR) is 98.3 cm³/mol. The van der Waals surface area contributed by atoms with Gasteiger partial charge in [0.15, 0.2) is 0 Å². The number of nitrogens with one attached hydrogen (secondary N) is 1. The Bertz CT molecular complexity index is 1050. The van der Waals surface area contributed by atoms with E-state index >= 15 is 0 Å². The summed E-state index contributed by atoms with van der Waals surface area (Å²) in [5.41, 5.74) is 3.20. The molecule has 27 heavy (non-hydrogen) atoms. The molecule has 0 unspecified atom stereocenters. The van der Waals surface area contributed by atoms with Gasteiger partial charge in [-0.3, -0.25) is 19.4 Å². The molecule has 4 aromatic heterocycles. The van der Waals surface area contributed by atoms with E-state index in [1.807, 2.05) is 19.2 Å². The van der Waals surface area contributed by atoms with Crippen molar-refractivity contribution in [1.29, 1.82) is 0 Å². The Labute approximate surface area is 154 Å². The summed E-state index contributed by atoms with van der Waals surface area (Å²) >= 11 is 0. The third-order valence-electron chi connectivity index (χ3n) is 3.93. The molecular formula is C18H16N8O. The maximum Gasteiger partial charge on any atom is 0.245 e. The van der Waals surface area contributed by atoms with Crippen molar-refractivity contribution >= 4 is 11.7 Å². The average molecular weight is 360 g/mol. The Balaban J connectivity index is 1.40. The van der Waals surface area contributed by atoms with Gasteiger partial charge in [0.25, 0.3) is 0 Å². The molecule has 0 bridgehead atoms. The van der Waals surface area contributed by atoms with Crippen LogP contribution in [-0.4, -0.2) is 40.2 Å². The standard InChI is InChI=1S/C18H16N8O/c1-25-16(4-5-23-25)15-10-26(12-22-15)11-18(27)24-17-3-2-13(8-21-17)14-9-19-6-7-20-14/h2-10,12H,11H2,1H3,(H,21,24,27). The van der Waals surface area contributed by atoms with Crippen LogP contribution in [0.5, 0.6) is 0 Å². The fourth-order valence-electron chi connectivity index (χ4n) is 2.62. The molecule has 0 aromatic carbocycles. The molecule has 134 valence electrons. The summed E-state index contributed by atoms with van der Waals surface area (Å²) in [6.45, 7) is 0.137. The second kappa shape index (κ2) is 7.16. The summed E-state index contributed by atoms with van der Waals surface area (Å²) in [6.07, 6.45) is 11.7. The van der Waals surface area contributed by atoms with Crippen LogP contribution in [-0.2, 0) is 18.4 Å². The topological polar surface area (TPSA) is 103 Å². The summed E-state index contributed by atoms with van der Waals surface area (Å²) in [6, 6.07) is 5.44. The van der Waals surface area contributed by atoms with Gasteiger partial charge >= 0.3 is 0 Å². The Morgan fingerprint density at radius 3 is 2.67 bits per heavy atom. The van der Waals surface area contributed by atoms with Crippen molar-refractivity contribution in [3.63, 3.8) is 0 Å². The van der Waals surface area contributed by atoms with E-state index in [0.717, 1.165) is 22.6 Å². The number of carbonyl (C=O) groups is 1. The van der Waals surface area contributed by atoms with Gasteiger partial charge in [-0.2, -0.15) is 5.10 Å². The smallest absolute Gasteiger partial charge is 0.245 e. The molecule has 0 atom stereocenters. The number of hydrogen-bond donors (Lipinski definition) is 1. The normalized spacial score (nSPS) is 10.7. The molecule has 9 heteroatoms. The quantitative estimate of drug-likeness (QED) is 0.582. The van der Waals surface area contributed by atoms with Gasteiger partial charge in [-0.25, -0.2) is 9.97 Å². The van der Waals surface area contributed by atoms with Gasteiger partial charge in [0.2, 0.25) is 5.91 Å². The van der Waals surface area contributed by atoms with E-state index in [0.29, 0.717) is 5.82 Å². The molecule has 4 aromatic rings. The maximum absolute atomic E-state index is 12.3. The number of pyridine rings is 1. The lowest BCUT2D eigenvalue weighted by Crippen LogP contribution is -2.18. The van der Waals surface area contributed by atoms with Crippen molar-refractivity contribution in [3.05, 3.63) is 61.7 Å². The number of carbonyl (C=O) groups excluding carboxylic acids is 1. The van der Waals surface area contributed by atoms with Crippen LogP contribution in [0.15, 0.2) is 61.7 Å². The van der Waals surface area contributed by atoms with Crippen LogP contribution in [0.2, 0.25) is 0 Å². The highest BCUT2D eigenvalue weighted by Gasteiger charge is 2.09. The second-order valence-electron chi connectivity index (χ2n) is 5.84. The van der Waals surface area contributed by atoms with Crippen molar-refractivity contribution in [3.8, 4) is 22.6 Å². The first kappa shape index (κ1) is 16.6. The first-order chi connectivity index (χ1) is 13.2. The van der Waals surface area contributed by atoms with E-state index in [9.17, 15) is 4.79 Å². The molecule has 0 aliphatic rings. The highest BCUT2D eigenvalue weighted by Crippen LogP contribution is 2.17. The van der Waals surface area contributed by atoms with Gasteiger partial charge in [-0.05, 0) is 18.2 Å². The van der Waals surface area contributed by atoms with E-state index in [4.69, 9.17) is 0 Å². The van der Waals surface area contributed by atoms with Crippen LogP contribution in [0, 0.1) is 0 Å². The molecule has 4 heterocycles. The lowest BCUT2D eigenvalue weighted by molar-refractivity contribution is -0.116. The first-order valence-corrected chi connectivity index (χ1v) is 8.21. The van der Waals surface area contributed by atoms with E-state index in [-0.39, 0.29) is 12.5 Å². The zero-order valence-electron chi connectivity index (χ0n) is 14.5. The largest absolute Gasteiger partial charge is 0.327 e. The summed E-state index contributed by atoms with van der Waals surface area (Å²) in [5.74, 6) is 0.281. The summed E-state index contributed by atoms with van der Waals surface area (Å²) in [5, 5.41) is 6.89. The van der Waals surface area contributed by atoms with Crippen molar-refractivity contribution in [2.75, 3.05) is 5.32 Å². The van der Waals surface area contributed by atoms with Crippen molar-refractivity contribution in [2.45, 2.75) is 6.54 Å². The number of aryl methyl sites for hydroxylation is 1. The van der Waals surface area contributed by atoms with Gasteiger partial charge < -0.3 is 9.88 Å². The molecule has 9 nitrogen and oxygen atoms in total.